The van der Waals surface area contributed by atoms with Crippen LogP contribution in [0, 0.1) is 5.41 Å². The normalized spacial score (nSPS) is 21.1. The molecule has 0 saturated carbocycles. The molecule has 1 fully saturated rings. The molecule has 5 N–H and O–H groups in total. The van der Waals surface area contributed by atoms with Gasteiger partial charge in [-0.3, -0.25) is 5.41 Å². The van der Waals surface area contributed by atoms with E-state index in [9.17, 15) is 22.0 Å². The highest BCUT2D eigenvalue weighted by Gasteiger charge is 2.51. The van der Waals surface area contributed by atoms with Crippen LogP contribution in [0.25, 0.3) is 0 Å². The third-order valence-electron chi connectivity index (χ3n) is 3.32. The molecule has 1 saturated heterocycles. The fourth-order valence-electron chi connectivity index (χ4n) is 2.33. The predicted molar refractivity (Wildman–Crippen MR) is 81.6 cm³/mol. The summed E-state index contributed by atoms with van der Waals surface area (Å²) in [6, 6.07) is 3.16. The first-order chi connectivity index (χ1) is 11.0. The van der Waals surface area contributed by atoms with Crippen LogP contribution in [0.15, 0.2) is 34.2 Å². The van der Waals surface area contributed by atoms with Crippen LogP contribution in [-0.2, 0) is 0 Å². The van der Waals surface area contributed by atoms with Gasteiger partial charge in [0.15, 0.2) is 12.0 Å². The number of alkyl halides is 5. The number of benzene rings is 1. The Kier molecular flexibility index (Phi) is 4.92. The summed E-state index contributed by atoms with van der Waals surface area (Å²) in [6.45, 7) is -0.135. The minimum Gasteiger partial charge on any atom is -0.385 e. The molecule has 11 heteroatoms. The number of hydrogen-bond acceptors (Lipinski definition) is 3. The molecule has 1 aromatic rings. The van der Waals surface area contributed by atoms with Crippen molar-refractivity contribution >= 4 is 29.2 Å². The standard InChI is InChI=1S/C13H14F5N5S/c14-12(15)5-6-23(11(20)21)9(12)10(19)22-7-1-3-8(4-2-7)24-13(16,17)18/h1-4,9H,5-6H2,(H2,19,22)(H3,20,21). The van der Waals surface area contributed by atoms with Crippen LogP contribution >= 0.6 is 11.8 Å². The van der Waals surface area contributed by atoms with Crippen molar-refractivity contribution in [3.63, 3.8) is 0 Å². The minimum atomic E-state index is -4.42. The summed E-state index contributed by atoms with van der Waals surface area (Å²) in [4.78, 5) is 4.72. The van der Waals surface area contributed by atoms with Gasteiger partial charge in [-0.2, -0.15) is 13.2 Å². The third-order valence-corrected chi connectivity index (χ3v) is 4.06. The van der Waals surface area contributed by atoms with Crippen molar-refractivity contribution in [2.45, 2.75) is 28.8 Å². The second kappa shape index (κ2) is 6.46. The van der Waals surface area contributed by atoms with Gasteiger partial charge in [-0.25, -0.2) is 13.8 Å². The molecule has 2 rings (SSSR count). The summed E-state index contributed by atoms with van der Waals surface area (Å²) in [5, 5.41) is 7.33. The molecule has 1 unspecified atom stereocenters. The average Bonchev–Trinajstić information content (AvgIpc) is 2.75. The number of halogens is 5. The molecule has 24 heavy (non-hydrogen) atoms. The summed E-state index contributed by atoms with van der Waals surface area (Å²) in [7, 11) is 0. The van der Waals surface area contributed by atoms with Gasteiger partial charge in [-0.05, 0) is 36.0 Å². The number of rotatable bonds is 3. The Balaban J connectivity index is 2.22. The van der Waals surface area contributed by atoms with E-state index in [1.165, 1.54) is 24.3 Å². The summed E-state index contributed by atoms with van der Waals surface area (Å²) < 4.78 is 64.6. The Morgan fingerprint density at radius 3 is 2.33 bits per heavy atom. The molecule has 0 radical (unpaired) electrons. The SMILES string of the molecule is N=C(N)N1CCC(F)(F)C1C(N)=Nc1ccc(SC(F)(F)F)cc1. The number of hydrogen-bond donors (Lipinski definition) is 3. The van der Waals surface area contributed by atoms with Crippen LogP contribution in [0.4, 0.5) is 27.6 Å². The molecule has 5 nitrogen and oxygen atoms in total. The first kappa shape index (κ1) is 18.3. The van der Waals surface area contributed by atoms with Crippen molar-refractivity contribution in [2.75, 3.05) is 6.54 Å². The summed E-state index contributed by atoms with van der Waals surface area (Å²) in [6.07, 6.45) is -0.519. The van der Waals surface area contributed by atoms with Gasteiger partial charge in [-0.15, -0.1) is 0 Å². The smallest absolute Gasteiger partial charge is 0.385 e. The number of nitrogens with zero attached hydrogens (tertiary/aromatic N) is 2. The number of aliphatic imine (C=N–C) groups is 1. The molecule has 1 atom stereocenters. The third kappa shape index (κ3) is 4.28. The van der Waals surface area contributed by atoms with E-state index in [0.717, 1.165) is 4.90 Å². The van der Waals surface area contributed by atoms with Crippen LogP contribution in [0.2, 0.25) is 0 Å². The van der Waals surface area contributed by atoms with Crippen molar-refractivity contribution in [1.82, 2.24) is 4.90 Å². The largest absolute Gasteiger partial charge is 0.446 e. The lowest BCUT2D eigenvalue weighted by molar-refractivity contribution is -0.0328. The van der Waals surface area contributed by atoms with Crippen LogP contribution in [0.1, 0.15) is 6.42 Å². The van der Waals surface area contributed by atoms with Gasteiger partial charge >= 0.3 is 5.51 Å². The molecule has 1 aromatic carbocycles. The molecule has 1 aliphatic rings. The molecule has 1 aliphatic heterocycles. The van der Waals surface area contributed by atoms with Crippen molar-refractivity contribution in [2.24, 2.45) is 16.5 Å². The van der Waals surface area contributed by atoms with E-state index in [0.29, 0.717) is 0 Å². The predicted octanol–water partition coefficient (Wildman–Crippen LogP) is 2.89. The number of guanidine groups is 1. The van der Waals surface area contributed by atoms with E-state index in [4.69, 9.17) is 16.9 Å². The van der Waals surface area contributed by atoms with E-state index in [1.807, 2.05) is 0 Å². The molecule has 0 spiro atoms. The van der Waals surface area contributed by atoms with Crippen LogP contribution in [-0.4, -0.2) is 40.7 Å². The topological polar surface area (TPSA) is 91.5 Å². The number of thioether (sulfide) groups is 1. The van der Waals surface area contributed by atoms with Crippen molar-refractivity contribution in [1.29, 1.82) is 5.41 Å². The molecular weight excluding hydrogens is 353 g/mol. The number of amidine groups is 1. The van der Waals surface area contributed by atoms with Gasteiger partial charge in [-0.1, -0.05) is 0 Å². The molecule has 0 amide bonds. The fourth-order valence-corrected chi connectivity index (χ4v) is 2.87. The summed E-state index contributed by atoms with van der Waals surface area (Å²) in [5.41, 5.74) is 6.63. The van der Waals surface area contributed by atoms with Gasteiger partial charge in [0.2, 0.25) is 0 Å². The number of nitrogens with one attached hydrogen (secondary N) is 1. The van der Waals surface area contributed by atoms with Gasteiger partial charge in [0.1, 0.15) is 5.84 Å². The Morgan fingerprint density at radius 2 is 1.83 bits per heavy atom. The maximum Gasteiger partial charge on any atom is 0.446 e. The zero-order valence-corrected chi connectivity index (χ0v) is 13.0. The Morgan fingerprint density at radius 1 is 1.25 bits per heavy atom. The van der Waals surface area contributed by atoms with Crippen molar-refractivity contribution in [3.05, 3.63) is 24.3 Å². The Hall–Kier alpha value is -2.04. The molecule has 0 aromatic heterocycles. The van der Waals surface area contributed by atoms with Crippen LogP contribution in [0.3, 0.4) is 0 Å². The lowest BCUT2D eigenvalue weighted by atomic mass is 10.1. The van der Waals surface area contributed by atoms with Gasteiger partial charge in [0.25, 0.3) is 5.92 Å². The van der Waals surface area contributed by atoms with E-state index in [1.54, 1.807) is 0 Å². The lowest BCUT2D eigenvalue weighted by Gasteiger charge is -2.27. The fraction of sp³-hybridized carbons (Fsp3) is 0.385. The summed E-state index contributed by atoms with van der Waals surface area (Å²) >= 11 is -0.295. The van der Waals surface area contributed by atoms with Crippen LogP contribution in [0.5, 0.6) is 0 Å². The quantitative estimate of drug-likeness (QED) is 0.332. The number of likely N-dealkylation sites (tertiary alicyclic amines) is 1. The minimum absolute atomic E-state index is 0.0587. The molecular formula is C13H14F5N5S. The van der Waals surface area contributed by atoms with Crippen LogP contribution < -0.4 is 11.5 Å². The second-order valence-electron chi connectivity index (χ2n) is 5.07. The second-order valence-corrected chi connectivity index (χ2v) is 6.21. The highest BCUT2D eigenvalue weighted by atomic mass is 32.2. The highest BCUT2D eigenvalue weighted by molar-refractivity contribution is 8.00. The Bertz CT molecular complexity index is 643. The first-order valence-corrected chi connectivity index (χ1v) is 7.49. The van der Waals surface area contributed by atoms with E-state index >= 15 is 0 Å². The highest BCUT2D eigenvalue weighted by Crippen LogP contribution is 2.38. The van der Waals surface area contributed by atoms with E-state index in [2.05, 4.69) is 4.99 Å². The van der Waals surface area contributed by atoms with E-state index < -0.39 is 35.7 Å². The molecule has 0 aliphatic carbocycles. The zero-order valence-electron chi connectivity index (χ0n) is 12.1. The Labute approximate surface area is 138 Å². The maximum atomic E-state index is 13.9. The van der Waals surface area contributed by atoms with Gasteiger partial charge < -0.3 is 16.4 Å². The van der Waals surface area contributed by atoms with Gasteiger partial charge in [0, 0.05) is 17.9 Å². The zero-order chi connectivity index (χ0) is 18.1. The average molecular weight is 367 g/mol. The molecule has 1 heterocycles. The monoisotopic (exact) mass is 367 g/mol. The van der Waals surface area contributed by atoms with Gasteiger partial charge in [0.05, 0.1) is 5.69 Å². The molecule has 132 valence electrons. The van der Waals surface area contributed by atoms with Crippen molar-refractivity contribution in [3.8, 4) is 0 Å². The van der Waals surface area contributed by atoms with Crippen molar-refractivity contribution < 1.29 is 22.0 Å². The maximum absolute atomic E-state index is 13.9. The summed E-state index contributed by atoms with van der Waals surface area (Å²) in [5.74, 6) is -4.21. The molecule has 0 bridgehead atoms. The number of nitrogens with two attached hydrogens (primary N) is 2. The first-order valence-electron chi connectivity index (χ1n) is 6.68. The lowest BCUT2D eigenvalue weighted by Crippen LogP contribution is -2.52. The van der Waals surface area contributed by atoms with E-state index in [-0.39, 0.29) is 28.9 Å².